The lowest BCUT2D eigenvalue weighted by atomic mass is 9.95. The van der Waals surface area contributed by atoms with Crippen LogP contribution >= 0.6 is 11.6 Å². The lowest BCUT2D eigenvalue weighted by Gasteiger charge is -2.32. The molecule has 3 heteroatoms. The van der Waals surface area contributed by atoms with Crippen LogP contribution in [0.5, 0.6) is 0 Å². The second-order valence-electron chi connectivity index (χ2n) is 3.84. The molecule has 1 heterocycles. The monoisotopic (exact) mass is 202 g/mol. The first-order chi connectivity index (χ1) is 6.22. The number of rotatable bonds is 4. The maximum Gasteiger partial charge on any atom is 0.0335 e. The van der Waals surface area contributed by atoms with Crippen molar-refractivity contribution in [3.63, 3.8) is 0 Å². The first kappa shape index (κ1) is 11.0. The highest BCUT2D eigenvalue weighted by atomic mass is 35.5. The second-order valence-corrected chi connectivity index (χ2v) is 4.37. The Kier molecular flexibility index (Phi) is 4.78. The van der Waals surface area contributed by atoms with Gasteiger partial charge in [-0.15, -0.1) is 0 Å². The van der Waals surface area contributed by atoms with Gasteiger partial charge in [-0.2, -0.15) is 0 Å². The molecule has 0 aliphatic carbocycles. The summed E-state index contributed by atoms with van der Waals surface area (Å²) >= 11 is 5.78. The Morgan fingerprint density at radius 1 is 1.62 bits per heavy atom. The number of hydrogen-bond acceptors (Lipinski definition) is 2. The van der Waals surface area contributed by atoms with Crippen LogP contribution in [0.1, 0.15) is 19.3 Å². The van der Waals surface area contributed by atoms with Crippen molar-refractivity contribution in [3.8, 4) is 0 Å². The zero-order valence-electron chi connectivity index (χ0n) is 8.14. The first-order valence-corrected chi connectivity index (χ1v) is 5.36. The van der Waals surface area contributed by atoms with Gasteiger partial charge < -0.3 is 5.73 Å². The molecule has 0 aromatic rings. The molecule has 0 aromatic heterocycles. The van der Waals surface area contributed by atoms with E-state index in [2.05, 4.69) is 11.5 Å². The van der Waals surface area contributed by atoms with Crippen LogP contribution in [0, 0.1) is 5.92 Å². The molecule has 1 rings (SSSR count). The molecule has 1 unspecified atom stereocenters. The van der Waals surface area contributed by atoms with Crippen molar-refractivity contribution in [2.24, 2.45) is 11.7 Å². The second kappa shape index (κ2) is 5.63. The van der Waals surface area contributed by atoms with Crippen LogP contribution in [-0.4, -0.2) is 31.1 Å². The van der Waals surface area contributed by atoms with Crippen molar-refractivity contribution >= 4 is 11.6 Å². The van der Waals surface area contributed by atoms with E-state index in [9.17, 15) is 0 Å². The molecular weight excluding hydrogens is 184 g/mol. The molecular formula is C10H19ClN2. The Hall–Kier alpha value is -0.0500. The molecule has 1 aliphatic heterocycles. The highest BCUT2D eigenvalue weighted by Crippen LogP contribution is 2.19. The number of halogens is 1. The normalized spacial score (nSPS) is 24.6. The maximum atomic E-state index is 5.78. The quantitative estimate of drug-likeness (QED) is 0.754. The summed E-state index contributed by atoms with van der Waals surface area (Å²) in [7, 11) is 0. The van der Waals surface area contributed by atoms with E-state index in [1.165, 1.54) is 12.8 Å². The van der Waals surface area contributed by atoms with E-state index < -0.39 is 0 Å². The molecule has 1 aliphatic rings. The minimum atomic E-state index is 0.744. The lowest BCUT2D eigenvalue weighted by molar-refractivity contribution is 0.184. The summed E-state index contributed by atoms with van der Waals surface area (Å²) < 4.78 is 0. The molecule has 0 bridgehead atoms. The Morgan fingerprint density at radius 2 is 2.38 bits per heavy atom. The largest absolute Gasteiger partial charge is 0.330 e. The standard InChI is InChI=1S/C10H19ClN2/c1-9(11)7-13-6-2-3-10(8-13)4-5-12/h10H,1-8,12H2. The Balaban J connectivity index is 2.28. The lowest BCUT2D eigenvalue weighted by Crippen LogP contribution is -2.36. The fourth-order valence-electron chi connectivity index (χ4n) is 2.01. The molecule has 2 nitrogen and oxygen atoms in total. The third-order valence-electron chi connectivity index (χ3n) is 2.57. The van der Waals surface area contributed by atoms with E-state index in [0.717, 1.165) is 43.6 Å². The van der Waals surface area contributed by atoms with Crippen molar-refractivity contribution in [2.75, 3.05) is 26.2 Å². The van der Waals surface area contributed by atoms with Crippen molar-refractivity contribution in [3.05, 3.63) is 11.6 Å². The zero-order valence-corrected chi connectivity index (χ0v) is 8.89. The van der Waals surface area contributed by atoms with Gasteiger partial charge in [0.15, 0.2) is 0 Å². The van der Waals surface area contributed by atoms with Gasteiger partial charge in [-0.3, -0.25) is 4.90 Å². The van der Waals surface area contributed by atoms with Crippen molar-refractivity contribution in [1.82, 2.24) is 4.90 Å². The van der Waals surface area contributed by atoms with Crippen molar-refractivity contribution in [2.45, 2.75) is 19.3 Å². The smallest absolute Gasteiger partial charge is 0.0335 e. The number of likely N-dealkylation sites (tertiary alicyclic amines) is 1. The third kappa shape index (κ3) is 4.12. The van der Waals surface area contributed by atoms with Gasteiger partial charge in [-0.25, -0.2) is 0 Å². The van der Waals surface area contributed by atoms with Gasteiger partial charge in [0.2, 0.25) is 0 Å². The molecule has 1 saturated heterocycles. The molecule has 0 spiro atoms. The maximum absolute atomic E-state index is 5.78. The fraction of sp³-hybridized carbons (Fsp3) is 0.800. The summed E-state index contributed by atoms with van der Waals surface area (Å²) in [6, 6.07) is 0. The predicted molar refractivity (Wildman–Crippen MR) is 57.8 cm³/mol. The molecule has 76 valence electrons. The van der Waals surface area contributed by atoms with Gasteiger partial charge in [0.05, 0.1) is 0 Å². The predicted octanol–water partition coefficient (Wildman–Crippen LogP) is 1.80. The topological polar surface area (TPSA) is 29.3 Å². The first-order valence-electron chi connectivity index (χ1n) is 4.98. The van der Waals surface area contributed by atoms with Crippen LogP contribution in [0.4, 0.5) is 0 Å². The van der Waals surface area contributed by atoms with E-state index >= 15 is 0 Å². The minimum Gasteiger partial charge on any atom is -0.330 e. The van der Waals surface area contributed by atoms with Gasteiger partial charge in [0, 0.05) is 18.1 Å². The molecule has 13 heavy (non-hydrogen) atoms. The average Bonchev–Trinajstić information content (AvgIpc) is 2.04. The Morgan fingerprint density at radius 3 is 3.00 bits per heavy atom. The molecule has 0 saturated carbocycles. The molecule has 1 atom stereocenters. The van der Waals surface area contributed by atoms with E-state index in [4.69, 9.17) is 17.3 Å². The Labute approximate surface area is 85.7 Å². The summed E-state index contributed by atoms with van der Waals surface area (Å²) in [6.07, 6.45) is 3.74. The highest BCUT2D eigenvalue weighted by molar-refractivity contribution is 6.29. The van der Waals surface area contributed by atoms with Gasteiger partial charge in [-0.05, 0) is 38.3 Å². The summed E-state index contributed by atoms with van der Waals surface area (Å²) in [5.41, 5.74) is 5.54. The minimum absolute atomic E-state index is 0.744. The van der Waals surface area contributed by atoms with Crippen LogP contribution in [0.25, 0.3) is 0 Å². The molecule has 0 radical (unpaired) electrons. The van der Waals surface area contributed by atoms with Gasteiger partial charge in [0.25, 0.3) is 0 Å². The fourth-order valence-corrected chi connectivity index (χ4v) is 2.18. The van der Waals surface area contributed by atoms with Crippen molar-refractivity contribution in [1.29, 1.82) is 0 Å². The number of hydrogen-bond donors (Lipinski definition) is 1. The van der Waals surface area contributed by atoms with E-state index in [-0.39, 0.29) is 0 Å². The van der Waals surface area contributed by atoms with Gasteiger partial charge in [0.1, 0.15) is 0 Å². The van der Waals surface area contributed by atoms with Crippen LogP contribution in [0.2, 0.25) is 0 Å². The summed E-state index contributed by atoms with van der Waals surface area (Å²) in [5, 5.41) is 0.744. The van der Waals surface area contributed by atoms with E-state index in [1.54, 1.807) is 0 Å². The number of nitrogens with two attached hydrogens (primary N) is 1. The van der Waals surface area contributed by atoms with E-state index in [0.29, 0.717) is 0 Å². The summed E-state index contributed by atoms with van der Waals surface area (Å²) in [6.45, 7) is 7.66. The van der Waals surface area contributed by atoms with Crippen molar-refractivity contribution < 1.29 is 0 Å². The van der Waals surface area contributed by atoms with E-state index in [1.807, 2.05) is 0 Å². The molecule has 2 N–H and O–H groups in total. The summed E-state index contributed by atoms with van der Waals surface area (Å²) in [4.78, 5) is 2.37. The summed E-state index contributed by atoms with van der Waals surface area (Å²) in [5.74, 6) is 0.773. The van der Waals surface area contributed by atoms with Crippen LogP contribution in [0.15, 0.2) is 11.6 Å². The molecule has 1 fully saturated rings. The molecule has 0 amide bonds. The third-order valence-corrected chi connectivity index (χ3v) is 2.69. The number of piperidine rings is 1. The SMILES string of the molecule is C=C(Cl)CN1CCCC(CCN)C1. The molecule has 0 aromatic carbocycles. The highest BCUT2D eigenvalue weighted by Gasteiger charge is 2.18. The van der Waals surface area contributed by atoms with Gasteiger partial charge in [-0.1, -0.05) is 18.2 Å². The van der Waals surface area contributed by atoms with Crippen LogP contribution < -0.4 is 5.73 Å². The zero-order chi connectivity index (χ0) is 9.68. The average molecular weight is 203 g/mol. The van der Waals surface area contributed by atoms with Gasteiger partial charge >= 0.3 is 0 Å². The number of nitrogens with zero attached hydrogens (tertiary/aromatic N) is 1. The van der Waals surface area contributed by atoms with Crippen LogP contribution in [0.3, 0.4) is 0 Å². The Bertz CT molecular complexity index is 168. The van der Waals surface area contributed by atoms with Crippen LogP contribution in [-0.2, 0) is 0 Å².